The lowest BCUT2D eigenvalue weighted by molar-refractivity contribution is 0.376. The molecule has 2 rings (SSSR count). The molecule has 1 heterocycles. The Kier molecular flexibility index (Phi) is 5.79. The smallest absolute Gasteiger partial charge is 0.240 e. The van der Waals surface area contributed by atoms with Gasteiger partial charge in [-0.05, 0) is 61.9 Å². The van der Waals surface area contributed by atoms with Crippen LogP contribution in [0.25, 0.3) is 0 Å². The van der Waals surface area contributed by atoms with E-state index in [1.54, 1.807) is 12.1 Å². The average molecular weight is 310 g/mol. The molecule has 1 aliphatic rings. The van der Waals surface area contributed by atoms with E-state index < -0.39 is 10.0 Å². The summed E-state index contributed by atoms with van der Waals surface area (Å²) >= 11 is 0. The third-order valence-corrected chi connectivity index (χ3v) is 5.77. The van der Waals surface area contributed by atoms with Gasteiger partial charge in [-0.3, -0.25) is 0 Å². The summed E-state index contributed by atoms with van der Waals surface area (Å²) < 4.78 is 27.3. The predicted molar refractivity (Wildman–Crippen MR) is 85.9 cm³/mol. The van der Waals surface area contributed by atoms with E-state index in [-0.39, 0.29) is 0 Å². The number of nitrogens with one attached hydrogen (secondary N) is 2. The van der Waals surface area contributed by atoms with E-state index in [1.165, 1.54) is 5.56 Å². The van der Waals surface area contributed by atoms with Crippen molar-refractivity contribution >= 4 is 10.0 Å². The Morgan fingerprint density at radius 2 is 2.05 bits per heavy atom. The summed E-state index contributed by atoms with van der Waals surface area (Å²) in [5, 5.41) is 3.30. The van der Waals surface area contributed by atoms with Crippen molar-refractivity contribution in [2.24, 2.45) is 5.92 Å². The molecule has 0 aromatic heterocycles. The minimum atomic E-state index is -3.39. The Labute approximate surface area is 128 Å². The van der Waals surface area contributed by atoms with Crippen LogP contribution in [0.2, 0.25) is 0 Å². The van der Waals surface area contributed by atoms with Gasteiger partial charge in [-0.15, -0.1) is 0 Å². The van der Waals surface area contributed by atoms with Crippen LogP contribution in [0.1, 0.15) is 44.6 Å². The monoisotopic (exact) mass is 310 g/mol. The van der Waals surface area contributed by atoms with E-state index in [9.17, 15) is 8.42 Å². The SMILES string of the molecule is CCC(C)c1ccc(S(=O)(=O)NCC2CCCNC2)cc1. The lowest BCUT2D eigenvalue weighted by atomic mass is 9.99. The highest BCUT2D eigenvalue weighted by atomic mass is 32.2. The number of sulfonamides is 1. The molecule has 0 bridgehead atoms. The van der Waals surface area contributed by atoms with Crippen LogP contribution in [0.5, 0.6) is 0 Å². The van der Waals surface area contributed by atoms with Crippen LogP contribution in [0.4, 0.5) is 0 Å². The molecule has 2 unspecified atom stereocenters. The molecule has 2 atom stereocenters. The van der Waals surface area contributed by atoms with Crippen molar-refractivity contribution < 1.29 is 8.42 Å². The van der Waals surface area contributed by atoms with Gasteiger partial charge < -0.3 is 5.32 Å². The maximum Gasteiger partial charge on any atom is 0.240 e. The van der Waals surface area contributed by atoms with Crippen molar-refractivity contribution in [3.63, 3.8) is 0 Å². The molecule has 118 valence electrons. The molecule has 21 heavy (non-hydrogen) atoms. The zero-order chi connectivity index (χ0) is 15.3. The van der Waals surface area contributed by atoms with Crippen molar-refractivity contribution in [1.29, 1.82) is 0 Å². The number of rotatable bonds is 6. The summed E-state index contributed by atoms with van der Waals surface area (Å²) in [6, 6.07) is 7.27. The Balaban J connectivity index is 1.98. The van der Waals surface area contributed by atoms with Gasteiger partial charge in [0.25, 0.3) is 0 Å². The van der Waals surface area contributed by atoms with Gasteiger partial charge in [0.05, 0.1) is 4.90 Å². The fourth-order valence-corrected chi connectivity index (χ4v) is 3.74. The molecule has 2 N–H and O–H groups in total. The largest absolute Gasteiger partial charge is 0.316 e. The zero-order valence-corrected chi connectivity index (χ0v) is 13.7. The lowest BCUT2D eigenvalue weighted by Gasteiger charge is -2.22. The molecule has 0 saturated carbocycles. The van der Waals surface area contributed by atoms with Crippen LogP contribution < -0.4 is 10.0 Å². The number of piperidine rings is 1. The van der Waals surface area contributed by atoms with Crippen molar-refractivity contribution in [3.05, 3.63) is 29.8 Å². The zero-order valence-electron chi connectivity index (χ0n) is 12.9. The van der Waals surface area contributed by atoms with Crippen LogP contribution in [0, 0.1) is 5.92 Å². The van der Waals surface area contributed by atoms with Crippen LogP contribution in [0.15, 0.2) is 29.2 Å². The van der Waals surface area contributed by atoms with E-state index in [0.717, 1.165) is 32.4 Å². The van der Waals surface area contributed by atoms with Gasteiger partial charge in [0.1, 0.15) is 0 Å². The first-order valence-electron chi connectivity index (χ1n) is 7.83. The number of hydrogen-bond acceptors (Lipinski definition) is 3. The minimum Gasteiger partial charge on any atom is -0.316 e. The molecule has 0 amide bonds. The van der Waals surface area contributed by atoms with Crippen molar-refractivity contribution in [3.8, 4) is 0 Å². The topological polar surface area (TPSA) is 58.2 Å². The maximum absolute atomic E-state index is 12.3. The van der Waals surface area contributed by atoms with E-state index in [1.807, 2.05) is 12.1 Å². The summed E-state index contributed by atoms with van der Waals surface area (Å²) in [6.45, 7) is 6.74. The Morgan fingerprint density at radius 3 is 2.62 bits per heavy atom. The Bertz CT molecular complexity index is 534. The third kappa shape index (κ3) is 4.53. The average Bonchev–Trinajstić information content (AvgIpc) is 2.53. The highest BCUT2D eigenvalue weighted by molar-refractivity contribution is 7.89. The second-order valence-electron chi connectivity index (χ2n) is 5.94. The van der Waals surface area contributed by atoms with Crippen LogP contribution in [0.3, 0.4) is 0 Å². The molecule has 0 aliphatic carbocycles. The molecule has 0 radical (unpaired) electrons. The number of benzene rings is 1. The van der Waals surface area contributed by atoms with Gasteiger partial charge >= 0.3 is 0 Å². The van der Waals surface area contributed by atoms with Gasteiger partial charge in [-0.1, -0.05) is 26.0 Å². The minimum absolute atomic E-state index is 0.360. The summed E-state index contributed by atoms with van der Waals surface area (Å²) in [5.41, 5.74) is 1.19. The van der Waals surface area contributed by atoms with Crippen molar-refractivity contribution in [1.82, 2.24) is 10.0 Å². The first-order chi connectivity index (χ1) is 10.0. The molecule has 1 aromatic carbocycles. The molecular formula is C16H26N2O2S. The lowest BCUT2D eigenvalue weighted by Crippen LogP contribution is -2.38. The Hall–Kier alpha value is -0.910. The van der Waals surface area contributed by atoms with Gasteiger partial charge in [-0.25, -0.2) is 13.1 Å². The molecule has 1 aliphatic heterocycles. The van der Waals surface area contributed by atoms with Crippen LogP contribution in [-0.4, -0.2) is 28.1 Å². The van der Waals surface area contributed by atoms with Crippen LogP contribution >= 0.6 is 0 Å². The first kappa shape index (κ1) is 16.5. The second kappa shape index (κ2) is 7.38. The highest BCUT2D eigenvalue weighted by Gasteiger charge is 2.18. The Morgan fingerprint density at radius 1 is 1.33 bits per heavy atom. The quantitative estimate of drug-likeness (QED) is 0.848. The standard InChI is InChI=1S/C16H26N2O2S/c1-3-13(2)15-6-8-16(9-7-15)21(19,20)18-12-14-5-4-10-17-11-14/h6-9,13-14,17-18H,3-5,10-12H2,1-2H3. The number of hydrogen-bond donors (Lipinski definition) is 2. The summed E-state index contributed by atoms with van der Waals surface area (Å²) in [7, 11) is -3.39. The fraction of sp³-hybridized carbons (Fsp3) is 0.625. The molecule has 0 spiro atoms. The predicted octanol–water partition coefficient (Wildman–Crippen LogP) is 2.48. The van der Waals surface area contributed by atoms with Gasteiger partial charge in [0.2, 0.25) is 10.0 Å². The van der Waals surface area contributed by atoms with Crippen molar-refractivity contribution in [2.45, 2.75) is 43.9 Å². The fourth-order valence-electron chi connectivity index (χ4n) is 2.62. The van der Waals surface area contributed by atoms with Gasteiger partial charge in [-0.2, -0.15) is 0 Å². The molecule has 1 aromatic rings. The second-order valence-corrected chi connectivity index (χ2v) is 7.71. The highest BCUT2D eigenvalue weighted by Crippen LogP contribution is 2.20. The van der Waals surface area contributed by atoms with Crippen molar-refractivity contribution in [2.75, 3.05) is 19.6 Å². The molecule has 5 heteroatoms. The summed E-state index contributed by atoms with van der Waals surface area (Å²) in [4.78, 5) is 0.360. The maximum atomic E-state index is 12.3. The first-order valence-corrected chi connectivity index (χ1v) is 9.31. The van der Waals surface area contributed by atoms with Gasteiger partial charge in [0.15, 0.2) is 0 Å². The molecule has 1 fully saturated rings. The van der Waals surface area contributed by atoms with E-state index in [0.29, 0.717) is 23.3 Å². The van der Waals surface area contributed by atoms with E-state index >= 15 is 0 Å². The molecular weight excluding hydrogens is 284 g/mol. The molecule has 1 saturated heterocycles. The summed E-state index contributed by atoms with van der Waals surface area (Å²) in [6.07, 6.45) is 3.26. The van der Waals surface area contributed by atoms with Crippen LogP contribution in [-0.2, 0) is 10.0 Å². The normalized spacial score (nSPS) is 21.1. The summed E-state index contributed by atoms with van der Waals surface area (Å²) in [5.74, 6) is 0.857. The van der Waals surface area contributed by atoms with E-state index in [4.69, 9.17) is 0 Å². The third-order valence-electron chi connectivity index (χ3n) is 4.33. The molecule has 4 nitrogen and oxygen atoms in total. The van der Waals surface area contributed by atoms with Gasteiger partial charge in [0, 0.05) is 6.54 Å². The van der Waals surface area contributed by atoms with E-state index in [2.05, 4.69) is 23.9 Å².